The van der Waals surface area contributed by atoms with E-state index in [1.54, 1.807) is 22.9 Å². The molecule has 32 heavy (non-hydrogen) atoms. The van der Waals surface area contributed by atoms with Gasteiger partial charge in [-0.1, -0.05) is 23.7 Å². The fourth-order valence-corrected chi connectivity index (χ4v) is 3.93. The number of nitrogens with zero attached hydrogens (tertiary/aromatic N) is 5. The molecule has 3 aromatic heterocycles. The minimum atomic E-state index is -0.265. The van der Waals surface area contributed by atoms with Crippen LogP contribution in [-0.2, 0) is 7.05 Å². The van der Waals surface area contributed by atoms with Crippen LogP contribution in [0, 0.1) is 0 Å². The third-order valence-electron chi connectivity index (χ3n) is 5.49. The molecule has 5 aromatic rings. The van der Waals surface area contributed by atoms with Crippen molar-refractivity contribution in [2.45, 2.75) is 18.9 Å². The van der Waals surface area contributed by atoms with Crippen molar-refractivity contribution in [2.75, 3.05) is 0 Å². The van der Waals surface area contributed by atoms with Gasteiger partial charge >= 0.3 is 0 Å². The number of fused-ring (bicyclic) bond motifs is 2. The van der Waals surface area contributed by atoms with Crippen molar-refractivity contribution in [3.63, 3.8) is 0 Å². The van der Waals surface area contributed by atoms with Crippen LogP contribution in [0.25, 0.3) is 38.8 Å². The van der Waals surface area contributed by atoms with E-state index in [0.29, 0.717) is 33.2 Å². The summed E-state index contributed by atoms with van der Waals surface area (Å²) in [6.45, 7) is 0. The number of benzene rings is 2. The SMILES string of the molecule is Cn1cc2cc(-n3nc4ccc(OC5CC5)nc4c(-c4ccc(Cl)cc4)c3=O)ccc2n1. The van der Waals surface area contributed by atoms with E-state index in [2.05, 4.69) is 15.2 Å². The third kappa shape index (κ3) is 3.31. The van der Waals surface area contributed by atoms with Crippen LogP contribution in [0.15, 0.2) is 65.6 Å². The molecule has 2 aromatic carbocycles. The zero-order valence-corrected chi connectivity index (χ0v) is 18.0. The minimum Gasteiger partial charge on any atom is -0.474 e. The maximum atomic E-state index is 13.7. The Hall–Kier alpha value is -3.71. The molecular weight excluding hydrogens is 426 g/mol. The van der Waals surface area contributed by atoms with Crippen molar-refractivity contribution in [2.24, 2.45) is 7.05 Å². The van der Waals surface area contributed by atoms with Gasteiger partial charge in [0.25, 0.3) is 5.56 Å². The normalized spacial score (nSPS) is 13.7. The molecule has 0 N–H and O–H groups in total. The molecule has 0 amide bonds. The summed E-state index contributed by atoms with van der Waals surface area (Å²) in [5.41, 5.74) is 3.54. The molecule has 6 rings (SSSR count). The highest BCUT2D eigenvalue weighted by Crippen LogP contribution is 2.30. The Morgan fingerprint density at radius 2 is 1.78 bits per heavy atom. The van der Waals surface area contributed by atoms with E-state index in [-0.39, 0.29) is 11.7 Å². The number of aromatic nitrogens is 5. The molecule has 0 aliphatic heterocycles. The van der Waals surface area contributed by atoms with Gasteiger partial charge in [-0.15, -0.1) is 0 Å². The largest absolute Gasteiger partial charge is 0.474 e. The van der Waals surface area contributed by atoms with Crippen LogP contribution >= 0.6 is 11.6 Å². The molecule has 8 heteroatoms. The topological polar surface area (TPSA) is 74.8 Å². The summed E-state index contributed by atoms with van der Waals surface area (Å²) >= 11 is 6.09. The third-order valence-corrected chi connectivity index (χ3v) is 5.74. The first kappa shape index (κ1) is 19.0. The second-order valence-electron chi connectivity index (χ2n) is 7.98. The highest BCUT2D eigenvalue weighted by atomic mass is 35.5. The van der Waals surface area contributed by atoms with Crippen LogP contribution in [0.2, 0.25) is 5.02 Å². The lowest BCUT2D eigenvalue weighted by atomic mass is 10.1. The van der Waals surface area contributed by atoms with Gasteiger partial charge in [-0.2, -0.15) is 14.9 Å². The van der Waals surface area contributed by atoms with Crippen molar-refractivity contribution in [3.05, 3.63) is 76.2 Å². The Balaban J connectivity index is 1.61. The maximum absolute atomic E-state index is 13.7. The smallest absolute Gasteiger partial charge is 0.281 e. The van der Waals surface area contributed by atoms with Gasteiger partial charge in [0.2, 0.25) is 5.88 Å². The molecule has 3 heterocycles. The van der Waals surface area contributed by atoms with Crippen LogP contribution in [0.5, 0.6) is 5.88 Å². The zero-order chi connectivity index (χ0) is 21.8. The van der Waals surface area contributed by atoms with Crippen LogP contribution in [0.4, 0.5) is 0 Å². The lowest BCUT2D eigenvalue weighted by Crippen LogP contribution is -2.23. The molecule has 1 fully saturated rings. The minimum absolute atomic E-state index is 0.207. The van der Waals surface area contributed by atoms with Gasteiger partial charge in [-0.25, -0.2) is 4.98 Å². The Bertz CT molecular complexity index is 1550. The Labute approximate surface area is 187 Å². The van der Waals surface area contributed by atoms with Crippen molar-refractivity contribution >= 4 is 33.5 Å². The molecule has 0 atom stereocenters. The van der Waals surface area contributed by atoms with Gasteiger partial charge in [-0.3, -0.25) is 9.48 Å². The zero-order valence-electron chi connectivity index (χ0n) is 17.2. The van der Waals surface area contributed by atoms with Gasteiger partial charge in [0, 0.05) is 29.7 Å². The second-order valence-corrected chi connectivity index (χ2v) is 8.42. The fraction of sp³-hybridized carbons (Fsp3) is 0.167. The van der Waals surface area contributed by atoms with Gasteiger partial charge in [0.15, 0.2) is 0 Å². The first-order chi connectivity index (χ1) is 15.5. The highest BCUT2D eigenvalue weighted by Gasteiger charge is 2.25. The van der Waals surface area contributed by atoms with Crippen LogP contribution < -0.4 is 10.3 Å². The number of halogens is 1. The predicted octanol–water partition coefficient (Wildman–Crippen LogP) is 4.53. The molecule has 1 saturated carbocycles. The van der Waals surface area contributed by atoms with E-state index in [1.165, 1.54) is 4.68 Å². The van der Waals surface area contributed by atoms with Gasteiger partial charge < -0.3 is 4.74 Å². The highest BCUT2D eigenvalue weighted by molar-refractivity contribution is 6.30. The van der Waals surface area contributed by atoms with Gasteiger partial charge in [0.1, 0.15) is 17.1 Å². The average Bonchev–Trinajstić information content (AvgIpc) is 3.51. The summed E-state index contributed by atoms with van der Waals surface area (Å²) < 4.78 is 9.03. The van der Waals surface area contributed by atoms with E-state index in [4.69, 9.17) is 16.3 Å². The van der Waals surface area contributed by atoms with Crippen LogP contribution in [-0.4, -0.2) is 30.6 Å². The van der Waals surface area contributed by atoms with E-state index >= 15 is 0 Å². The molecular formula is C24H18ClN5O2. The monoisotopic (exact) mass is 443 g/mol. The van der Waals surface area contributed by atoms with E-state index in [9.17, 15) is 4.79 Å². The average molecular weight is 444 g/mol. The summed E-state index contributed by atoms with van der Waals surface area (Å²) in [5, 5.41) is 10.6. The van der Waals surface area contributed by atoms with E-state index < -0.39 is 0 Å². The van der Waals surface area contributed by atoms with Crippen molar-refractivity contribution in [1.29, 1.82) is 0 Å². The summed E-state index contributed by atoms with van der Waals surface area (Å²) in [6.07, 6.45) is 4.17. The number of rotatable bonds is 4. The molecule has 0 unspecified atom stereocenters. The molecule has 0 radical (unpaired) electrons. The van der Waals surface area contributed by atoms with Crippen LogP contribution in [0.1, 0.15) is 12.8 Å². The van der Waals surface area contributed by atoms with Crippen molar-refractivity contribution < 1.29 is 4.74 Å². The molecule has 1 aliphatic rings. The fourth-order valence-electron chi connectivity index (χ4n) is 3.80. The van der Waals surface area contributed by atoms with Gasteiger partial charge in [-0.05, 0) is 54.8 Å². The summed E-state index contributed by atoms with van der Waals surface area (Å²) in [7, 11) is 1.87. The Kier molecular flexibility index (Phi) is 4.26. The lowest BCUT2D eigenvalue weighted by molar-refractivity contribution is 0.292. The summed E-state index contributed by atoms with van der Waals surface area (Å²) in [4.78, 5) is 18.4. The lowest BCUT2D eigenvalue weighted by Gasteiger charge is -2.12. The predicted molar refractivity (Wildman–Crippen MR) is 124 cm³/mol. The Morgan fingerprint density at radius 1 is 1.00 bits per heavy atom. The quantitative estimate of drug-likeness (QED) is 0.408. The number of hydrogen-bond donors (Lipinski definition) is 0. The first-order valence-electron chi connectivity index (χ1n) is 10.4. The standard InChI is InChI=1S/C24H18ClN5O2/c1-29-13-15-12-17(6-9-19(15)27-29)30-24(31)22(14-2-4-16(25)5-3-14)23-20(28-30)10-11-21(26-23)32-18-7-8-18/h2-6,9-13,18H,7-8H2,1H3. The number of aryl methyl sites for hydroxylation is 1. The summed E-state index contributed by atoms with van der Waals surface area (Å²) in [5.74, 6) is 0.506. The molecule has 0 saturated heterocycles. The first-order valence-corrected chi connectivity index (χ1v) is 10.7. The van der Waals surface area contributed by atoms with Gasteiger partial charge in [0.05, 0.1) is 16.8 Å². The van der Waals surface area contributed by atoms with Crippen molar-refractivity contribution in [3.8, 4) is 22.7 Å². The maximum Gasteiger partial charge on any atom is 0.281 e. The second kappa shape index (κ2) is 7.17. The molecule has 1 aliphatic carbocycles. The number of ether oxygens (including phenoxy) is 1. The summed E-state index contributed by atoms with van der Waals surface area (Å²) in [6, 6.07) is 16.5. The molecule has 7 nitrogen and oxygen atoms in total. The Morgan fingerprint density at radius 3 is 2.56 bits per heavy atom. The number of pyridine rings is 1. The van der Waals surface area contributed by atoms with Crippen LogP contribution in [0.3, 0.4) is 0 Å². The van der Waals surface area contributed by atoms with Crippen molar-refractivity contribution in [1.82, 2.24) is 24.5 Å². The number of hydrogen-bond acceptors (Lipinski definition) is 5. The molecule has 0 bridgehead atoms. The van der Waals surface area contributed by atoms with E-state index in [1.807, 2.05) is 49.6 Å². The molecule has 158 valence electrons. The molecule has 0 spiro atoms. The van der Waals surface area contributed by atoms with E-state index in [0.717, 1.165) is 29.3 Å².